The van der Waals surface area contributed by atoms with Crippen LogP contribution in [0.5, 0.6) is 11.5 Å². The van der Waals surface area contributed by atoms with Crippen molar-refractivity contribution in [1.29, 1.82) is 0 Å². The number of rotatable bonds is 9. The van der Waals surface area contributed by atoms with Crippen molar-refractivity contribution in [3.8, 4) is 11.5 Å². The zero-order chi connectivity index (χ0) is 19.9. The molecule has 0 spiro atoms. The van der Waals surface area contributed by atoms with Crippen LogP contribution in [0.2, 0.25) is 0 Å². The molecule has 0 fully saturated rings. The van der Waals surface area contributed by atoms with E-state index in [-0.39, 0.29) is 24.5 Å². The normalized spacial score (nSPS) is 11.7. The molecule has 0 atom stereocenters. The van der Waals surface area contributed by atoms with E-state index in [4.69, 9.17) is 9.47 Å². The highest BCUT2D eigenvalue weighted by Crippen LogP contribution is 2.24. The van der Waals surface area contributed by atoms with Crippen LogP contribution >= 0.6 is 0 Å². The van der Waals surface area contributed by atoms with Gasteiger partial charge < -0.3 is 18.8 Å². The molecule has 27 heavy (non-hydrogen) atoms. The number of halogens is 2. The second kappa shape index (κ2) is 8.78. The minimum Gasteiger partial charge on any atom is -0.743 e. The Bertz CT molecular complexity index is 870. The number of ether oxygens (including phenoxy) is 3. The molecule has 0 unspecified atom stereocenters. The Balaban J connectivity index is 1.90. The molecule has 146 valence electrons. The summed E-state index contributed by atoms with van der Waals surface area (Å²) in [5.74, 6) is -1.57. The number of carbonyl (C=O) groups is 1. The van der Waals surface area contributed by atoms with Gasteiger partial charge in [0.25, 0.3) is 0 Å². The number of benzene rings is 2. The predicted octanol–water partition coefficient (Wildman–Crippen LogP) is 2.33. The first-order valence-electron chi connectivity index (χ1n) is 7.61. The minimum atomic E-state index is -6.17. The fraction of sp³-hybridized carbons (Fsp3) is 0.235. The summed E-state index contributed by atoms with van der Waals surface area (Å²) < 4.78 is 72.6. The quantitative estimate of drug-likeness (QED) is 0.361. The van der Waals surface area contributed by atoms with Crippen molar-refractivity contribution >= 4 is 16.1 Å². The molecule has 0 radical (unpaired) electrons. The molecule has 10 heteroatoms. The van der Waals surface area contributed by atoms with Gasteiger partial charge >= 0.3 is 11.2 Å². The Hall–Kier alpha value is -2.72. The third-order valence-corrected chi connectivity index (χ3v) is 4.03. The van der Waals surface area contributed by atoms with Crippen molar-refractivity contribution in [2.24, 2.45) is 0 Å². The van der Waals surface area contributed by atoms with Crippen molar-refractivity contribution in [2.45, 2.75) is 11.9 Å². The van der Waals surface area contributed by atoms with Crippen molar-refractivity contribution in [3.63, 3.8) is 0 Å². The van der Waals surface area contributed by atoms with Gasteiger partial charge in [0.1, 0.15) is 31.3 Å². The molecule has 2 rings (SSSR count). The summed E-state index contributed by atoms with van der Waals surface area (Å²) in [6.45, 7) is -0.380. The van der Waals surface area contributed by atoms with E-state index in [1.165, 1.54) is 12.1 Å². The molecule has 0 aliphatic rings. The number of hydrogen-bond donors (Lipinski definition) is 0. The van der Waals surface area contributed by atoms with Crippen LogP contribution in [0.4, 0.5) is 8.78 Å². The molecule has 0 aliphatic heterocycles. The maximum atomic E-state index is 13.1. The molecular weight excluding hydrogens is 386 g/mol. The van der Waals surface area contributed by atoms with E-state index in [9.17, 15) is 26.5 Å². The smallest absolute Gasteiger partial charge is 0.428 e. The van der Waals surface area contributed by atoms with Crippen LogP contribution < -0.4 is 9.47 Å². The Labute approximate surface area is 154 Å². The third-order valence-electron chi connectivity index (χ3n) is 3.24. The van der Waals surface area contributed by atoms with Crippen molar-refractivity contribution in [2.75, 3.05) is 13.2 Å². The van der Waals surface area contributed by atoms with Gasteiger partial charge in [0.15, 0.2) is 10.1 Å². The Kier molecular flexibility index (Phi) is 6.70. The summed E-state index contributed by atoms with van der Waals surface area (Å²) in [6.07, 6.45) is 0. The van der Waals surface area contributed by atoms with E-state index in [2.05, 4.69) is 4.74 Å². The maximum Gasteiger partial charge on any atom is 0.428 e. The minimum absolute atomic E-state index is 0.116. The molecule has 2 aromatic carbocycles. The lowest BCUT2D eigenvalue weighted by molar-refractivity contribution is -0.162. The topological polar surface area (TPSA) is 102 Å². The monoisotopic (exact) mass is 401 g/mol. The SMILES string of the molecule is O=C(OCc1ccccc1OCCOc1ccccc1)C(F)(F)S(=O)(=O)[O-]. The maximum absolute atomic E-state index is 13.1. The lowest BCUT2D eigenvalue weighted by Gasteiger charge is -2.18. The van der Waals surface area contributed by atoms with Gasteiger partial charge in [-0.15, -0.1) is 0 Å². The zero-order valence-electron chi connectivity index (χ0n) is 13.8. The van der Waals surface area contributed by atoms with Crippen molar-refractivity contribution in [3.05, 3.63) is 60.2 Å². The van der Waals surface area contributed by atoms with Gasteiger partial charge in [-0.1, -0.05) is 36.4 Å². The van der Waals surface area contributed by atoms with Crippen LogP contribution in [0.25, 0.3) is 0 Å². The molecule has 0 saturated carbocycles. The molecular formula is C17H15F2O7S-. The summed E-state index contributed by atoms with van der Waals surface area (Å²) in [5, 5.41) is -5.16. The van der Waals surface area contributed by atoms with Crippen LogP contribution in [0, 0.1) is 0 Å². The third kappa shape index (κ3) is 5.63. The van der Waals surface area contributed by atoms with E-state index >= 15 is 0 Å². The molecule has 0 heterocycles. The Morgan fingerprint density at radius 1 is 0.963 bits per heavy atom. The molecule has 0 N–H and O–H groups in total. The molecule has 7 nitrogen and oxygen atoms in total. The average Bonchev–Trinajstić information content (AvgIpc) is 2.64. The van der Waals surface area contributed by atoms with Crippen molar-refractivity contribution < 1.29 is 40.8 Å². The van der Waals surface area contributed by atoms with E-state index in [1.54, 1.807) is 36.4 Å². The standard InChI is InChI=1S/C17H16F2O7S/c18-17(19,27(21,22)23)16(20)26-12-13-6-4-5-9-15(13)25-11-10-24-14-7-2-1-3-8-14/h1-9H,10-12H2,(H,21,22,23)/p-1. The van der Waals surface area contributed by atoms with Gasteiger partial charge in [0.2, 0.25) is 0 Å². The van der Waals surface area contributed by atoms with Gasteiger partial charge in [-0.3, -0.25) is 0 Å². The summed E-state index contributed by atoms with van der Waals surface area (Å²) >= 11 is 0. The van der Waals surface area contributed by atoms with E-state index in [0.717, 1.165) is 0 Å². The van der Waals surface area contributed by atoms with Crippen LogP contribution in [0.1, 0.15) is 5.56 Å². The van der Waals surface area contributed by atoms with Crippen LogP contribution in [-0.4, -0.2) is 37.4 Å². The highest BCUT2D eigenvalue weighted by molar-refractivity contribution is 7.87. The summed E-state index contributed by atoms with van der Waals surface area (Å²) in [6, 6.07) is 15.1. The lowest BCUT2D eigenvalue weighted by Crippen LogP contribution is -2.39. The van der Waals surface area contributed by atoms with Crippen LogP contribution in [-0.2, 0) is 26.3 Å². The molecule has 0 amide bonds. The number of carbonyl (C=O) groups excluding carboxylic acids is 1. The summed E-state index contributed by atoms with van der Waals surface area (Å²) in [5.41, 5.74) is 0.213. The Morgan fingerprint density at radius 2 is 1.56 bits per heavy atom. The van der Waals surface area contributed by atoms with Crippen LogP contribution in [0.3, 0.4) is 0 Å². The van der Waals surface area contributed by atoms with Crippen molar-refractivity contribution in [1.82, 2.24) is 0 Å². The molecule has 0 aliphatic carbocycles. The van der Waals surface area contributed by atoms with E-state index in [0.29, 0.717) is 5.75 Å². The first-order valence-corrected chi connectivity index (χ1v) is 9.01. The van der Waals surface area contributed by atoms with E-state index < -0.39 is 27.9 Å². The second-order valence-corrected chi connectivity index (χ2v) is 6.59. The highest BCUT2D eigenvalue weighted by Gasteiger charge is 2.48. The zero-order valence-corrected chi connectivity index (χ0v) is 14.7. The van der Waals surface area contributed by atoms with Gasteiger partial charge in [0, 0.05) is 5.56 Å². The fourth-order valence-corrected chi connectivity index (χ4v) is 2.18. The average molecular weight is 401 g/mol. The van der Waals surface area contributed by atoms with Gasteiger partial charge in [-0.25, -0.2) is 13.2 Å². The Morgan fingerprint density at radius 3 is 2.22 bits per heavy atom. The summed E-state index contributed by atoms with van der Waals surface area (Å²) in [7, 11) is -6.17. The molecule has 0 saturated heterocycles. The second-order valence-electron chi connectivity index (χ2n) is 5.16. The van der Waals surface area contributed by atoms with Gasteiger partial charge in [-0.2, -0.15) is 8.78 Å². The summed E-state index contributed by atoms with van der Waals surface area (Å²) in [4.78, 5) is 11.2. The fourth-order valence-electron chi connectivity index (χ4n) is 1.92. The number of para-hydroxylation sites is 2. The highest BCUT2D eigenvalue weighted by atomic mass is 32.2. The van der Waals surface area contributed by atoms with E-state index in [1.807, 2.05) is 6.07 Å². The molecule has 0 bridgehead atoms. The lowest BCUT2D eigenvalue weighted by atomic mass is 10.2. The van der Waals surface area contributed by atoms with Gasteiger partial charge in [-0.05, 0) is 18.2 Å². The first-order chi connectivity index (χ1) is 12.7. The number of alkyl halides is 2. The number of esters is 1. The molecule has 0 aromatic heterocycles. The number of hydrogen-bond acceptors (Lipinski definition) is 7. The molecule has 2 aromatic rings. The first kappa shape index (κ1) is 20.6. The van der Waals surface area contributed by atoms with Gasteiger partial charge in [0.05, 0.1) is 0 Å². The van der Waals surface area contributed by atoms with Crippen LogP contribution in [0.15, 0.2) is 54.6 Å². The predicted molar refractivity (Wildman–Crippen MR) is 88.3 cm³/mol. The largest absolute Gasteiger partial charge is 0.743 e.